The minimum absolute atomic E-state index is 0. The van der Waals surface area contributed by atoms with Crippen molar-refractivity contribution >= 4 is 40.2 Å². The normalized spacial score (nSPS) is 27.2. The smallest absolute Gasteiger partial charge is 1.00 e. The van der Waals surface area contributed by atoms with Crippen molar-refractivity contribution in [2.24, 2.45) is 0 Å². The third-order valence-electron chi connectivity index (χ3n) is 18.0. The van der Waals surface area contributed by atoms with Crippen LogP contribution in [0.2, 0.25) is 0 Å². The fraction of sp³-hybridized carbons (Fsp3) is 0.982. The zero-order valence-corrected chi connectivity index (χ0v) is 45.4. The van der Waals surface area contributed by atoms with E-state index in [-0.39, 0.29) is 1.43 Å². The zero-order valence-electron chi connectivity index (χ0n) is 41.2. The van der Waals surface area contributed by atoms with E-state index in [0.717, 1.165) is 0 Å². The molecule has 359 valence electrons. The van der Waals surface area contributed by atoms with Gasteiger partial charge < -0.3 is 6.22 Å². The monoisotopic (exact) mass is 1010 g/mol. The Morgan fingerprint density at radius 3 is 0.393 bits per heavy atom. The van der Waals surface area contributed by atoms with Gasteiger partial charge in [0.05, 0.1) is 0 Å². The fourth-order valence-corrected chi connectivity index (χ4v) is 29.1. The molecule has 9 aliphatic rings. The van der Waals surface area contributed by atoms with E-state index in [1.165, 1.54) is 109 Å². The molecule has 0 aromatic heterocycles. The van der Waals surface area contributed by atoms with Crippen molar-refractivity contribution in [2.45, 2.75) is 340 Å². The van der Waals surface area contributed by atoms with Crippen LogP contribution in [0.15, 0.2) is 0 Å². The van der Waals surface area contributed by atoms with Crippen molar-refractivity contribution in [3.63, 3.8) is 0 Å². The molecule has 6 heteroatoms. The van der Waals surface area contributed by atoms with Crippen molar-refractivity contribution in [2.75, 3.05) is 0 Å². The predicted molar refractivity (Wildman–Crippen MR) is 277 cm³/mol. The summed E-state index contributed by atoms with van der Waals surface area (Å²) in [5, 5.41) is 0. The number of hydrogen-bond acceptors (Lipinski definition) is 1. The Kier molecular flexibility index (Phi) is 29.5. The molecule has 0 aliphatic heterocycles. The molecule has 61 heavy (non-hydrogen) atoms. The second-order valence-electron chi connectivity index (χ2n) is 22.0. The van der Waals surface area contributed by atoms with Gasteiger partial charge in [-0.3, -0.25) is 0 Å². The molecule has 0 unspecified atom stereocenters. The average Bonchev–Trinajstić information content (AvgIpc) is 3.37. The second kappa shape index (κ2) is 33.4. The standard InChI is InChI=1S/3C18H33P.CH2O.ClH.Ru.H/c3*1-4-10-16(11-5-1)19(17-12-6-2-7-13-17)18-14-8-3-9-15-18;1-2;;;/h3*16-18H,1-15H2;1H2;1H;;/q;;;;;+1;-1/p-1. The molecular formula is C55H102ClOP3Ru-. The van der Waals surface area contributed by atoms with Crippen LogP contribution in [0, 0.1) is 0 Å². The van der Waals surface area contributed by atoms with Gasteiger partial charge in [0.2, 0.25) is 0 Å². The molecule has 9 rings (SSSR count). The van der Waals surface area contributed by atoms with Crippen LogP contribution in [-0.4, -0.2) is 57.7 Å². The Hall–Kier alpha value is 1.87. The molecule has 1 nitrogen and oxygen atoms in total. The molecular weight excluding hydrogens is 906 g/mol. The molecule has 0 spiro atoms. The van der Waals surface area contributed by atoms with E-state index in [4.69, 9.17) is 4.79 Å². The van der Waals surface area contributed by atoms with Gasteiger partial charge in [-0.05, 0) is 167 Å². The summed E-state index contributed by atoms with van der Waals surface area (Å²) in [5.41, 5.74) is 10.7. The zero-order chi connectivity index (χ0) is 42.7. The van der Waals surface area contributed by atoms with Gasteiger partial charge in [-0.2, -0.15) is 0 Å². The first-order chi connectivity index (χ1) is 30.3. The van der Waals surface area contributed by atoms with E-state index in [2.05, 4.69) is 9.69 Å². The van der Waals surface area contributed by atoms with Crippen molar-refractivity contribution in [3.05, 3.63) is 0 Å². The van der Waals surface area contributed by atoms with Gasteiger partial charge in [0.15, 0.2) is 0 Å². The Balaban J connectivity index is 0.000000195. The Labute approximate surface area is 401 Å². The summed E-state index contributed by atoms with van der Waals surface area (Å²) in [6, 6.07) is 0. The number of carbonyl (C=O) groups excluding carboxylic acids is 1. The minimum atomic E-state index is 0. The quantitative estimate of drug-likeness (QED) is 0.166. The van der Waals surface area contributed by atoms with Gasteiger partial charge in [0.1, 0.15) is 6.79 Å². The van der Waals surface area contributed by atoms with Gasteiger partial charge in [-0.1, -0.05) is 197 Å². The summed E-state index contributed by atoms with van der Waals surface area (Å²) in [7, 11) is 5.72. The van der Waals surface area contributed by atoms with Crippen LogP contribution in [0.1, 0.15) is 290 Å². The van der Waals surface area contributed by atoms with E-state index in [1.54, 1.807) is 231 Å². The third-order valence-corrected chi connectivity index (χ3v) is 30.2. The van der Waals surface area contributed by atoms with Crippen LogP contribution in [0.3, 0.4) is 0 Å². The number of carbonyl (C=O) groups is 1. The van der Waals surface area contributed by atoms with Gasteiger partial charge in [0, 0.05) is 0 Å². The molecule has 0 bridgehead atoms. The Bertz CT molecular complexity index is 778. The summed E-state index contributed by atoms with van der Waals surface area (Å²) >= 11 is 1.82. The summed E-state index contributed by atoms with van der Waals surface area (Å²) in [5.74, 6) is 0. The molecule has 9 aliphatic carbocycles. The van der Waals surface area contributed by atoms with Gasteiger partial charge in [-0.15, -0.1) is 0 Å². The Morgan fingerprint density at radius 1 is 0.230 bits per heavy atom. The molecule has 9 fully saturated rings. The first kappa shape index (κ1) is 53.8. The van der Waals surface area contributed by atoms with E-state index >= 15 is 0 Å². The van der Waals surface area contributed by atoms with Crippen LogP contribution in [-0.2, 0) is 22.1 Å². The molecule has 9 saturated carbocycles. The third kappa shape index (κ3) is 18.4. The first-order valence-electron chi connectivity index (χ1n) is 28.1. The summed E-state index contributed by atoms with van der Waals surface area (Å²) in [6.45, 7) is 2.00. The molecule has 0 heterocycles. The van der Waals surface area contributed by atoms with Crippen molar-refractivity contribution in [1.82, 2.24) is 0 Å². The molecule has 0 aromatic carbocycles. The van der Waals surface area contributed by atoms with Gasteiger partial charge >= 0.3 is 27.0 Å². The Morgan fingerprint density at radius 2 is 0.311 bits per heavy atom. The van der Waals surface area contributed by atoms with Crippen LogP contribution in [0.4, 0.5) is 0 Å². The topological polar surface area (TPSA) is 17.1 Å². The molecule has 0 aromatic rings. The SMILES string of the molecule is C1CCC(P(C2CCCCC2)C2CCCCC2)CC1.C1CCC(P(C2CCCCC2)C2CCCCC2)CC1.C1CCC(P(C2CCCCC2)C2CCCCC2)CC1.C=O.[Cl][Ru].[H-]. The van der Waals surface area contributed by atoms with E-state index in [1.807, 2.05) is 24.1 Å². The summed E-state index contributed by atoms with van der Waals surface area (Å²) in [6.07, 6.45) is 70.9. The number of halogens is 1. The largest absolute Gasteiger partial charge is 1.00 e. The van der Waals surface area contributed by atoms with Crippen molar-refractivity contribution < 1.29 is 23.5 Å². The van der Waals surface area contributed by atoms with Crippen molar-refractivity contribution in [3.8, 4) is 0 Å². The van der Waals surface area contributed by atoms with E-state index < -0.39 is 0 Å². The van der Waals surface area contributed by atoms with Crippen molar-refractivity contribution in [1.29, 1.82) is 0 Å². The maximum absolute atomic E-state index is 8.00. The van der Waals surface area contributed by atoms with Crippen LogP contribution < -0.4 is 0 Å². The van der Waals surface area contributed by atoms with Gasteiger partial charge in [-0.25, -0.2) is 0 Å². The molecule has 0 atom stereocenters. The van der Waals surface area contributed by atoms with E-state index in [0.29, 0.717) is 23.8 Å². The predicted octanol–water partition coefficient (Wildman–Crippen LogP) is 20.0. The number of hydrogen-bond donors (Lipinski definition) is 0. The fourth-order valence-electron chi connectivity index (χ4n) is 15.1. The van der Waals surface area contributed by atoms with E-state index in [9.17, 15) is 0 Å². The molecule has 0 radical (unpaired) electrons. The summed E-state index contributed by atoms with van der Waals surface area (Å²) < 4.78 is 0. The maximum Gasteiger partial charge on any atom is -1.00 e. The minimum Gasteiger partial charge on any atom is -1.00 e. The molecule has 0 N–H and O–H groups in total. The van der Waals surface area contributed by atoms with Crippen LogP contribution in [0.5, 0.6) is 0 Å². The first-order valence-corrected chi connectivity index (χ1v) is 35.0. The molecule has 0 saturated heterocycles. The van der Waals surface area contributed by atoms with Gasteiger partial charge in [0.25, 0.3) is 0 Å². The molecule has 0 amide bonds. The number of rotatable bonds is 9. The second-order valence-corrected chi connectivity index (χ2v) is 31.2. The summed E-state index contributed by atoms with van der Waals surface area (Å²) in [4.78, 5) is 8.00. The maximum atomic E-state index is 8.00. The van der Waals surface area contributed by atoms with Crippen LogP contribution in [0.25, 0.3) is 0 Å². The average molecular weight is 1010 g/mol. The van der Waals surface area contributed by atoms with Crippen LogP contribution >= 0.6 is 33.5 Å².